The number of nitrogens with one attached hydrogen (secondary N) is 1. The van der Waals surface area contributed by atoms with Crippen LogP contribution in [0.4, 0.5) is 11.4 Å². The first-order valence-corrected chi connectivity index (χ1v) is 6.90. The van der Waals surface area contributed by atoms with Crippen LogP contribution >= 0.6 is 0 Å². The highest BCUT2D eigenvalue weighted by atomic mass is 16.6. The Kier molecular flexibility index (Phi) is 5.43. The minimum absolute atomic E-state index is 0.00585. The number of carbonyl (C=O) groups is 1. The monoisotopic (exact) mass is 293 g/mol. The third-order valence-electron chi connectivity index (χ3n) is 3.19. The molecule has 1 rings (SSSR count). The lowest BCUT2D eigenvalue weighted by Gasteiger charge is -2.24. The van der Waals surface area contributed by atoms with Gasteiger partial charge in [0.05, 0.1) is 10.8 Å². The summed E-state index contributed by atoms with van der Waals surface area (Å²) in [4.78, 5) is 22.5. The van der Waals surface area contributed by atoms with E-state index >= 15 is 0 Å². The summed E-state index contributed by atoms with van der Waals surface area (Å²) in [5.74, 6) is -0.427. The molecule has 1 aromatic carbocycles. The van der Waals surface area contributed by atoms with E-state index in [2.05, 4.69) is 26.1 Å². The third-order valence-corrected chi connectivity index (χ3v) is 3.19. The Morgan fingerprint density at radius 3 is 2.48 bits per heavy atom. The number of carbonyl (C=O) groups excluding carboxylic acids is 1. The van der Waals surface area contributed by atoms with Crippen molar-refractivity contribution in [2.75, 3.05) is 11.9 Å². The molecule has 116 valence electrons. The molecule has 1 unspecified atom stereocenters. The highest BCUT2D eigenvalue weighted by molar-refractivity contribution is 5.93. The number of non-ortho nitro benzene ring substituents is 1. The Hall–Kier alpha value is -1.95. The highest BCUT2D eigenvalue weighted by Crippen LogP contribution is 2.26. The van der Waals surface area contributed by atoms with Crippen molar-refractivity contribution in [2.45, 2.75) is 34.1 Å². The molecule has 0 aliphatic heterocycles. The van der Waals surface area contributed by atoms with Crippen molar-refractivity contribution in [3.05, 3.63) is 33.9 Å². The molecule has 0 bridgehead atoms. The number of nitro groups is 1. The van der Waals surface area contributed by atoms with Crippen molar-refractivity contribution in [1.29, 1.82) is 0 Å². The van der Waals surface area contributed by atoms with E-state index in [4.69, 9.17) is 5.73 Å². The fourth-order valence-corrected chi connectivity index (χ4v) is 2.16. The molecule has 0 heterocycles. The fourth-order valence-electron chi connectivity index (χ4n) is 2.16. The second-order valence-corrected chi connectivity index (χ2v) is 6.44. The van der Waals surface area contributed by atoms with Gasteiger partial charge in [0.15, 0.2) is 0 Å². The topological polar surface area (TPSA) is 98.3 Å². The number of hydrogen-bond donors (Lipinski definition) is 2. The Bertz CT molecular complexity index is 535. The van der Waals surface area contributed by atoms with Crippen LogP contribution in [-0.2, 0) is 4.79 Å². The van der Waals surface area contributed by atoms with E-state index in [-0.39, 0.29) is 29.5 Å². The van der Waals surface area contributed by atoms with Crippen LogP contribution in [0.3, 0.4) is 0 Å². The Labute approximate surface area is 124 Å². The Morgan fingerprint density at radius 1 is 1.43 bits per heavy atom. The maximum absolute atomic E-state index is 12.3. The van der Waals surface area contributed by atoms with E-state index in [1.54, 1.807) is 13.0 Å². The molecular weight excluding hydrogens is 270 g/mol. The lowest BCUT2D eigenvalue weighted by Crippen LogP contribution is -2.32. The van der Waals surface area contributed by atoms with Crippen molar-refractivity contribution < 1.29 is 9.72 Å². The number of hydrogen-bond acceptors (Lipinski definition) is 4. The van der Waals surface area contributed by atoms with Gasteiger partial charge in [0.1, 0.15) is 0 Å². The zero-order chi connectivity index (χ0) is 16.2. The van der Waals surface area contributed by atoms with Crippen LogP contribution in [0.25, 0.3) is 0 Å². The van der Waals surface area contributed by atoms with Gasteiger partial charge in [0, 0.05) is 24.4 Å². The highest BCUT2D eigenvalue weighted by Gasteiger charge is 2.24. The molecule has 21 heavy (non-hydrogen) atoms. The number of rotatable bonds is 5. The third kappa shape index (κ3) is 5.15. The molecule has 0 aliphatic rings. The average molecular weight is 293 g/mol. The number of aryl methyl sites for hydroxylation is 1. The lowest BCUT2D eigenvalue weighted by molar-refractivity contribution is -0.384. The van der Waals surface area contributed by atoms with Crippen LogP contribution in [0.2, 0.25) is 0 Å². The average Bonchev–Trinajstić information content (AvgIpc) is 2.36. The number of anilines is 1. The molecule has 0 saturated heterocycles. The first-order chi connectivity index (χ1) is 9.64. The summed E-state index contributed by atoms with van der Waals surface area (Å²) in [7, 11) is 0. The van der Waals surface area contributed by atoms with E-state index in [0.29, 0.717) is 17.7 Å². The van der Waals surface area contributed by atoms with E-state index in [9.17, 15) is 14.9 Å². The number of nitrogens with zero attached hydrogens (tertiary/aromatic N) is 1. The number of nitro benzene ring substituents is 1. The van der Waals surface area contributed by atoms with Gasteiger partial charge >= 0.3 is 0 Å². The predicted molar refractivity (Wildman–Crippen MR) is 83.1 cm³/mol. The van der Waals surface area contributed by atoms with Gasteiger partial charge in [-0.2, -0.15) is 0 Å². The first kappa shape index (κ1) is 17.1. The molecule has 6 heteroatoms. The molecule has 0 saturated carbocycles. The minimum atomic E-state index is -0.457. The van der Waals surface area contributed by atoms with Gasteiger partial charge in [-0.15, -0.1) is 0 Å². The first-order valence-electron chi connectivity index (χ1n) is 6.90. The zero-order valence-electron chi connectivity index (χ0n) is 13.0. The standard InChI is InChI=1S/C15H23N3O3/c1-10-7-12(18(20)21)5-6-13(10)17-14(19)11(9-16)8-15(2,3)4/h5-7,11H,8-9,16H2,1-4H3,(H,17,19). The molecule has 0 spiro atoms. The number of amides is 1. The molecule has 6 nitrogen and oxygen atoms in total. The van der Waals surface area contributed by atoms with Crippen LogP contribution in [0.5, 0.6) is 0 Å². The van der Waals surface area contributed by atoms with Crippen molar-refractivity contribution >= 4 is 17.3 Å². The largest absolute Gasteiger partial charge is 0.330 e. The smallest absolute Gasteiger partial charge is 0.269 e. The van der Waals surface area contributed by atoms with Crippen molar-refractivity contribution in [1.82, 2.24) is 0 Å². The SMILES string of the molecule is Cc1cc([N+](=O)[O-])ccc1NC(=O)C(CN)CC(C)(C)C. The summed E-state index contributed by atoms with van der Waals surface area (Å²) < 4.78 is 0. The molecule has 0 radical (unpaired) electrons. The second-order valence-electron chi connectivity index (χ2n) is 6.44. The summed E-state index contributed by atoms with van der Waals surface area (Å²) in [5, 5.41) is 13.5. The van der Waals surface area contributed by atoms with Crippen molar-refractivity contribution in [3.63, 3.8) is 0 Å². The second kappa shape index (κ2) is 6.67. The van der Waals surface area contributed by atoms with Gasteiger partial charge in [-0.05, 0) is 30.4 Å². The fraction of sp³-hybridized carbons (Fsp3) is 0.533. The zero-order valence-corrected chi connectivity index (χ0v) is 13.0. The molecule has 1 aromatic rings. The maximum Gasteiger partial charge on any atom is 0.269 e. The van der Waals surface area contributed by atoms with Gasteiger partial charge in [0.25, 0.3) is 5.69 Å². The van der Waals surface area contributed by atoms with Crippen LogP contribution in [0.15, 0.2) is 18.2 Å². The van der Waals surface area contributed by atoms with Crippen LogP contribution < -0.4 is 11.1 Å². The van der Waals surface area contributed by atoms with Gasteiger partial charge < -0.3 is 11.1 Å². The molecule has 0 aliphatic carbocycles. The van der Waals surface area contributed by atoms with Crippen LogP contribution in [0.1, 0.15) is 32.8 Å². The van der Waals surface area contributed by atoms with E-state index in [1.165, 1.54) is 12.1 Å². The van der Waals surface area contributed by atoms with Gasteiger partial charge in [-0.3, -0.25) is 14.9 Å². The Morgan fingerprint density at radius 2 is 2.05 bits per heavy atom. The molecule has 3 N–H and O–H groups in total. The summed E-state index contributed by atoms with van der Waals surface area (Å²) >= 11 is 0. The van der Waals surface area contributed by atoms with E-state index in [0.717, 1.165) is 0 Å². The van der Waals surface area contributed by atoms with E-state index < -0.39 is 4.92 Å². The lowest BCUT2D eigenvalue weighted by atomic mass is 9.84. The normalized spacial score (nSPS) is 12.8. The number of benzene rings is 1. The predicted octanol–water partition coefficient (Wildman–Crippen LogP) is 2.85. The summed E-state index contributed by atoms with van der Waals surface area (Å²) in [6.45, 7) is 8.17. The molecule has 0 fully saturated rings. The van der Waals surface area contributed by atoms with Crippen molar-refractivity contribution in [3.8, 4) is 0 Å². The quantitative estimate of drug-likeness (QED) is 0.644. The van der Waals surface area contributed by atoms with Crippen LogP contribution in [0, 0.1) is 28.4 Å². The van der Waals surface area contributed by atoms with Crippen LogP contribution in [-0.4, -0.2) is 17.4 Å². The molecular formula is C15H23N3O3. The maximum atomic E-state index is 12.3. The Balaban J connectivity index is 2.84. The van der Waals surface area contributed by atoms with Crippen molar-refractivity contribution in [2.24, 2.45) is 17.1 Å². The van der Waals surface area contributed by atoms with Gasteiger partial charge in [-0.1, -0.05) is 20.8 Å². The van der Waals surface area contributed by atoms with Gasteiger partial charge in [0.2, 0.25) is 5.91 Å². The number of nitrogens with two attached hydrogens (primary N) is 1. The molecule has 0 aromatic heterocycles. The summed E-state index contributed by atoms with van der Waals surface area (Å²) in [6.07, 6.45) is 0.682. The summed E-state index contributed by atoms with van der Waals surface area (Å²) in [6, 6.07) is 4.37. The minimum Gasteiger partial charge on any atom is -0.330 e. The van der Waals surface area contributed by atoms with E-state index in [1.807, 2.05) is 0 Å². The van der Waals surface area contributed by atoms with Gasteiger partial charge in [-0.25, -0.2) is 0 Å². The molecule has 1 amide bonds. The summed E-state index contributed by atoms with van der Waals surface area (Å²) in [5.41, 5.74) is 6.94. The molecule has 1 atom stereocenters.